The van der Waals surface area contributed by atoms with Gasteiger partial charge in [0.25, 0.3) is 5.12 Å². The number of rotatable bonds is 15. The van der Waals surface area contributed by atoms with Crippen molar-refractivity contribution in [2.24, 2.45) is 17.8 Å². The summed E-state index contributed by atoms with van der Waals surface area (Å²) in [6.07, 6.45) is -0.179. The van der Waals surface area contributed by atoms with Crippen LogP contribution in [0.5, 0.6) is 0 Å². The molecule has 10 nitrogen and oxygen atoms in total. The largest absolute Gasteiger partial charge is 0.445 e. The Hall–Kier alpha value is -3.21. The van der Waals surface area contributed by atoms with Crippen molar-refractivity contribution in [3.63, 3.8) is 0 Å². The first-order chi connectivity index (χ1) is 18.2. The van der Waals surface area contributed by atoms with Crippen LogP contribution in [0.25, 0.3) is 0 Å². The van der Waals surface area contributed by atoms with Gasteiger partial charge in [-0.2, -0.15) is 0 Å². The first-order valence-electron chi connectivity index (χ1n) is 13.2. The van der Waals surface area contributed by atoms with E-state index in [1.165, 1.54) is 0 Å². The zero-order chi connectivity index (χ0) is 29.8. The van der Waals surface area contributed by atoms with E-state index in [9.17, 15) is 27.6 Å². The summed E-state index contributed by atoms with van der Waals surface area (Å²) in [5.41, 5.74) is 0.787. The van der Waals surface area contributed by atoms with Crippen molar-refractivity contribution >= 4 is 32.9 Å². The first-order valence-corrected chi connectivity index (χ1v) is 14.7. The zero-order valence-corrected chi connectivity index (χ0v) is 24.5. The van der Waals surface area contributed by atoms with Gasteiger partial charge in [0.15, 0.2) is 0 Å². The van der Waals surface area contributed by atoms with Crippen LogP contribution >= 0.6 is 0 Å². The molecule has 39 heavy (non-hydrogen) atoms. The van der Waals surface area contributed by atoms with Crippen LogP contribution in [0.15, 0.2) is 42.3 Å². The quantitative estimate of drug-likeness (QED) is 0.295. The number of ether oxygens (including phenoxy) is 1. The zero-order valence-electron chi connectivity index (χ0n) is 23.7. The predicted molar refractivity (Wildman–Crippen MR) is 150 cm³/mol. The van der Waals surface area contributed by atoms with E-state index in [1.807, 2.05) is 45.9 Å². The van der Waals surface area contributed by atoms with Crippen molar-refractivity contribution in [2.75, 3.05) is 0 Å². The van der Waals surface area contributed by atoms with E-state index in [0.717, 1.165) is 5.56 Å². The fourth-order valence-electron chi connectivity index (χ4n) is 3.82. The van der Waals surface area contributed by atoms with Gasteiger partial charge < -0.3 is 20.7 Å². The first kappa shape index (κ1) is 33.8. The molecule has 3 N–H and O–H groups in total. The van der Waals surface area contributed by atoms with Crippen LogP contribution in [0.2, 0.25) is 0 Å². The lowest BCUT2D eigenvalue weighted by molar-refractivity contribution is -0.131. The summed E-state index contributed by atoms with van der Waals surface area (Å²) >= 11 is 0. The summed E-state index contributed by atoms with van der Waals surface area (Å²) in [5, 5.41) is 7.18. The van der Waals surface area contributed by atoms with Gasteiger partial charge in [0.1, 0.15) is 24.7 Å². The van der Waals surface area contributed by atoms with Gasteiger partial charge >= 0.3 is 6.09 Å². The van der Waals surface area contributed by atoms with Gasteiger partial charge in [-0.3, -0.25) is 14.4 Å². The van der Waals surface area contributed by atoms with E-state index in [-0.39, 0.29) is 43.6 Å². The van der Waals surface area contributed by atoms with E-state index in [0.29, 0.717) is 5.41 Å². The second kappa shape index (κ2) is 16.0. The number of hydrogen-bond donors (Lipinski definition) is 3. The number of alkyl carbamates (subject to hydrolysis) is 1. The third kappa shape index (κ3) is 12.5. The fourth-order valence-corrected chi connectivity index (χ4v) is 4.54. The third-order valence-electron chi connectivity index (χ3n) is 5.68. The van der Waals surface area contributed by atoms with Crippen LogP contribution in [-0.4, -0.2) is 49.6 Å². The van der Waals surface area contributed by atoms with Crippen LogP contribution < -0.4 is 16.0 Å². The monoisotopic (exact) mass is 565 g/mol. The highest BCUT2D eigenvalue weighted by Crippen LogP contribution is 2.13. The highest BCUT2D eigenvalue weighted by Gasteiger charge is 2.34. The predicted octanol–water partition coefficient (Wildman–Crippen LogP) is 3.47. The third-order valence-corrected chi connectivity index (χ3v) is 6.96. The maximum absolute atomic E-state index is 13.3. The Labute approximate surface area is 232 Å². The van der Waals surface area contributed by atoms with Crippen molar-refractivity contribution in [2.45, 2.75) is 85.5 Å². The lowest BCUT2D eigenvalue weighted by atomic mass is 9.99. The number of carbonyl (C=O) groups excluding carboxylic acids is 4. The molecule has 3 amide bonds. The Morgan fingerprint density at radius 2 is 1.21 bits per heavy atom. The SMILES string of the molecule is C=CS(=O)(=O)C(=O)[C@H](CC(C)C)NC(=O)[C@H](CC(C)C)NC(=O)[C@H](CC(C)C)NC(=O)OCc1ccccc1. The van der Waals surface area contributed by atoms with Gasteiger partial charge in [0.2, 0.25) is 21.7 Å². The van der Waals surface area contributed by atoms with Crippen molar-refractivity contribution in [3.05, 3.63) is 47.9 Å². The van der Waals surface area contributed by atoms with Crippen LogP contribution in [0.1, 0.15) is 66.4 Å². The summed E-state index contributed by atoms with van der Waals surface area (Å²) < 4.78 is 29.5. The number of sulfone groups is 1. The van der Waals surface area contributed by atoms with E-state index < -0.39 is 51.0 Å². The second-order valence-corrected chi connectivity index (χ2v) is 12.6. The normalized spacial score (nSPS) is 13.9. The van der Waals surface area contributed by atoms with Crippen LogP contribution in [0, 0.1) is 17.8 Å². The molecular formula is C28H43N3O7S. The maximum Gasteiger partial charge on any atom is 0.408 e. The van der Waals surface area contributed by atoms with Crippen molar-refractivity contribution in [1.82, 2.24) is 16.0 Å². The number of nitrogens with one attached hydrogen (secondary N) is 3. The van der Waals surface area contributed by atoms with Crippen molar-refractivity contribution in [3.8, 4) is 0 Å². The Balaban J connectivity index is 3.04. The highest BCUT2D eigenvalue weighted by atomic mass is 32.2. The molecule has 1 aromatic rings. The average molecular weight is 566 g/mol. The molecule has 218 valence electrons. The summed E-state index contributed by atoms with van der Waals surface area (Å²) in [6.45, 7) is 14.3. The van der Waals surface area contributed by atoms with Gasteiger partial charge in [-0.25, -0.2) is 13.2 Å². The van der Waals surface area contributed by atoms with Crippen LogP contribution in [-0.2, 0) is 35.6 Å². The molecule has 0 radical (unpaired) electrons. The minimum absolute atomic E-state index is 0.0236. The molecule has 1 aromatic carbocycles. The van der Waals surface area contributed by atoms with E-state index in [2.05, 4.69) is 22.5 Å². The second-order valence-electron chi connectivity index (χ2n) is 10.8. The number of benzene rings is 1. The molecule has 3 atom stereocenters. The molecule has 0 aliphatic rings. The standard InChI is InChI=1S/C28H43N3O7S/c1-8-39(36,37)27(34)24(16-20(6)7)30-25(32)22(14-18(2)3)29-26(33)23(15-19(4)5)31-28(35)38-17-21-12-10-9-11-13-21/h8-13,18-20,22-24H,1,14-17H2,2-7H3,(H,29,33)(H,30,32)(H,31,35)/t22-,23-,24-/m0/s1. The molecule has 0 fully saturated rings. The number of amides is 3. The van der Waals surface area contributed by atoms with Gasteiger partial charge in [-0.1, -0.05) is 78.5 Å². The minimum Gasteiger partial charge on any atom is -0.445 e. The number of hydrogen-bond acceptors (Lipinski definition) is 7. The van der Waals surface area contributed by atoms with Gasteiger partial charge in [-0.05, 0) is 42.6 Å². The molecule has 0 aromatic heterocycles. The molecule has 1 rings (SSSR count). The smallest absolute Gasteiger partial charge is 0.408 e. The Kier molecular flexibility index (Phi) is 13.9. The molecule has 0 bridgehead atoms. The molecule has 0 heterocycles. The van der Waals surface area contributed by atoms with Crippen molar-refractivity contribution < 1.29 is 32.3 Å². The van der Waals surface area contributed by atoms with Crippen molar-refractivity contribution in [1.29, 1.82) is 0 Å². The Bertz CT molecular complexity index is 1090. The summed E-state index contributed by atoms with van der Waals surface area (Å²) in [4.78, 5) is 51.6. The molecule has 0 unspecified atom stereocenters. The molecule has 0 aliphatic heterocycles. The van der Waals surface area contributed by atoms with Gasteiger partial charge in [0.05, 0.1) is 0 Å². The highest BCUT2D eigenvalue weighted by molar-refractivity contribution is 8.08. The van der Waals surface area contributed by atoms with Crippen LogP contribution in [0.4, 0.5) is 4.79 Å². The molecule has 0 saturated heterocycles. The summed E-state index contributed by atoms with van der Waals surface area (Å²) in [7, 11) is -4.26. The molecule has 11 heteroatoms. The lowest BCUT2D eigenvalue weighted by Gasteiger charge is -2.27. The Morgan fingerprint density at radius 1 is 0.769 bits per heavy atom. The summed E-state index contributed by atoms with van der Waals surface area (Å²) in [5.74, 6) is -1.37. The molecule has 0 aliphatic carbocycles. The van der Waals surface area contributed by atoms with Gasteiger partial charge in [-0.15, -0.1) is 0 Å². The molecule has 0 spiro atoms. The Morgan fingerprint density at radius 3 is 1.67 bits per heavy atom. The topological polar surface area (TPSA) is 148 Å². The minimum atomic E-state index is -4.26. The fraction of sp³-hybridized carbons (Fsp3) is 0.571. The lowest BCUT2D eigenvalue weighted by Crippen LogP contribution is -2.56. The van der Waals surface area contributed by atoms with Crippen LogP contribution in [0.3, 0.4) is 0 Å². The van der Waals surface area contributed by atoms with E-state index in [1.54, 1.807) is 26.0 Å². The van der Waals surface area contributed by atoms with E-state index in [4.69, 9.17) is 4.74 Å². The molecule has 0 saturated carbocycles. The average Bonchev–Trinajstić information content (AvgIpc) is 2.85. The van der Waals surface area contributed by atoms with Gasteiger partial charge in [0, 0.05) is 5.41 Å². The molecular weight excluding hydrogens is 522 g/mol. The maximum atomic E-state index is 13.3. The van der Waals surface area contributed by atoms with E-state index >= 15 is 0 Å². The summed E-state index contributed by atoms with van der Waals surface area (Å²) in [6, 6.07) is 5.74. The number of carbonyl (C=O) groups is 4.